The van der Waals surface area contributed by atoms with Crippen molar-refractivity contribution in [2.24, 2.45) is 0 Å². The molecule has 1 fully saturated rings. The van der Waals surface area contributed by atoms with Gasteiger partial charge in [0.1, 0.15) is 17.5 Å². The lowest BCUT2D eigenvalue weighted by Gasteiger charge is -2.34. The van der Waals surface area contributed by atoms with Crippen LogP contribution in [0.5, 0.6) is 0 Å². The number of piperazine rings is 1. The number of hydrogen-bond donors (Lipinski definition) is 1. The van der Waals surface area contributed by atoms with Crippen molar-refractivity contribution in [3.05, 3.63) is 64.7 Å². The van der Waals surface area contributed by atoms with Gasteiger partial charge in [-0.25, -0.2) is 14.4 Å². The maximum absolute atomic E-state index is 14.0. The average molecular weight is 400 g/mol. The summed E-state index contributed by atoms with van der Waals surface area (Å²) in [5.41, 5.74) is 6.91. The number of aromatic nitrogens is 2. The molecule has 0 saturated carbocycles. The Morgan fingerprint density at radius 3 is 2.61 bits per heavy atom. The number of para-hydroxylation sites is 1. The molecule has 1 aliphatic heterocycles. The molecule has 2 aromatic carbocycles. The summed E-state index contributed by atoms with van der Waals surface area (Å²) in [5.74, 6) is 0.201. The number of anilines is 1. The molecule has 1 aliphatic rings. The predicted octanol–water partition coefficient (Wildman–Crippen LogP) is 2.96. The van der Waals surface area contributed by atoms with Gasteiger partial charge in [0.05, 0.1) is 17.6 Å². The highest BCUT2D eigenvalue weighted by Crippen LogP contribution is 2.19. The van der Waals surface area contributed by atoms with E-state index in [0.29, 0.717) is 44.4 Å². The summed E-state index contributed by atoms with van der Waals surface area (Å²) in [6, 6.07) is 11.7. The van der Waals surface area contributed by atoms with Crippen LogP contribution in [-0.4, -0.2) is 51.9 Å². The van der Waals surface area contributed by atoms with E-state index in [-0.39, 0.29) is 16.5 Å². The Morgan fingerprint density at radius 1 is 1.11 bits per heavy atom. The highest BCUT2D eigenvalue weighted by molar-refractivity contribution is 6.30. The first kappa shape index (κ1) is 18.6. The van der Waals surface area contributed by atoms with Gasteiger partial charge in [0.2, 0.25) is 0 Å². The molecule has 0 bridgehead atoms. The van der Waals surface area contributed by atoms with E-state index in [1.807, 2.05) is 24.3 Å². The molecule has 1 saturated heterocycles. The van der Waals surface area contributed by atoms with Crippen LogP contribution in [0.3, 0.4) is 0 Å². The van der Waals surface area contributed by atoms with Gasteiger partial charge < -0.3 is 10.6 Å². The molecule has 144 valence electrons. The number of halogens is 2. The molecule has 1 aromatic heterocycles. The first-order valence-corrected chi connectivity index (χ1v) is 9.37. The number of nitrogens with two attached hydrogens (primary N) is 1. The summed E-state index contributed by atoms with van der Waals surface area (Å²) in [6.45, 7) is 2.86. The second-order valence-electron chi connectivity index (χ2n) is 6.73. The molecule has 3 aromatic rings. The van der Waals surface area contributed by atoms with E-state index in [4.69, 9.17) is 17.3 Å². The van der Waals surface area contributed by atoms with Crippen molar-refractivity contribution >= 4 is 34.2 Å². The molecule has 4 rings (SSSR count). The van der Waals surface area contributed by atoms with E-state index >= 15 is 0 Å². The van der Waals surface area contributed by atoms with E-state index in [9.17, 15) is 9.18 Å². The second kappa shape index (κ2) is 7.69. The fourth-order valence-corrected chi connectivity index (χ4v) is 3.52. The SMILES string of the molecule is Nc1nc(CN2CCN(C(=O)c3ccc(Cl)cc3F)CC2)nc2ccccc12. The molecular weight excluding hydrogens is 381 g/mol. The largest absolute Gasteiger partial charge is 0.383 e. The molecule has 2 N–H and O–H groups in total. The number of amides is 1. The predicted molar refractivity (Wildman–Crippen MR) is 107 cm³/mol. The molecule has 8 heteroatoms. The van der Waals surface area contributed by atoms with Crippen LogP contribution >= 0.6 is 11.6 Å². The van der Waals surface area contributed by atoms with Gasteiger partial charge in [0.15, 0.2) is 0 Å². The number of carbonyl (C=O) groups excluding carboxylic acids is 1. The summed E-state index contributed by atoms with van der Waals surface area (Å²) >= 11 is 5.76. The van der Waals surface area contributed by atoms with Crippen molar-refractivity contribution in [1.29, 1.82) is 0 Å². The topological polar surface area (TPSA) is 75.3 Å². The van der Waals surface area contributed by atoms with E-state index < -0.39 is 5.82 Å². The maximum Gasteiger partial charge on any atom is 0.256 e. The van der Waals surface area contributed by atoms with Gasteiger partial charge in [-0.2, -0.15) is 0 Å². The lowest BCUT2D eigenvalue weighted by Crippen LogP contribution is -2.48. The summed E-state index contributed by atoms with van der Waals surface area (Å²) in [5, 5.41) is 1.11. The van der Waals surface area contributed by atoms with E-state index in [1.54, 1.807) is 4.90 Å². The fraction of sp³-hybridized carbons (Fsp3) is 0.250. The zero-order chi connectivity index (χ0) is 19.7. The molecule has 0 radical (unpaired) electrons. The molecule has 0 aliphatic carbocycles. The van der Waals surface area contributed by atoms with Gasteiger partial charge in [-0.05, 0) is 30.3 Å². The van der Waals surface area contributed by atoms with Gasteiger partial charge in [0.25, 0.3) is 5.91 Å². The molecule has 0 unspecified atom stereocenters. The lowest BCUT2D eigenvalue weighted by atomic mass is 10.1. The first-order valence-electron chi connectivity index (χ1n) is 8.99. The Kier molecular flexibility index (Phi) is 5.11. The second-order valence-corrected chi connectivity index (χ2v) is 7.17. The van der Waals surface area contributed by atoms with Crippen LogP contribution < -0.4 is 5.73 Å². The van der Waals surface area contributed by atoms with Crippen LogP contribution in [0.2, 0.25) is 5.02 Å². The molecule has 6 nitrogen and oxygen atoms in total. The van der Waals surface area contributed by atoms with Crippen LogP contribution in [0.4, 0.5) is 10.2 Å². The normalized spacial score (nSPS) is 15.1. The average Bonchev–Trinajstić information content (AvgIpc) is 2.68. The van der Waals surface area contributed by atoms with Crippen LogP contribution in [0.1, 0.15) is 16.2 Å². The van der Waals surface area contributed by atoms with Gasteiger partial charge in [-0.1, -0.05) is 23.7 Å². The van der Waals surface area contributed by atoms with Crippen LogP contribution in [0.25, 0.3) is 10.9 Å². The highest BCUT2D eigenvalue weighted by atomic mass is 35.5. The van der Waals surface area contributed by atoms with Gasteiger partial charge in [0, 0.05) is 36.6 Å². The zero-order valence-corrected chi connectivity index (χ0v) is 15.9. The van der Waals surface area contributed by atoms with Crippen molar-refractivity contribution in [1.82, 2.24) is 19.8 Å². The quantitative estimate of drug-likeness (QED) is 0.732. The van der Waals surface area contributed by atoms with Crippen LogP contribution in [0, 0.1) is 5.82 Å². The smallest absolute Gasteiger partial charge is 0.256 e. The number of nitrogen functional groups attached to an aromatic ring is 1. The maximum atomic E-state index is 14.0. The summed E-state index contributed by atoms with van der Waals surface area (Å²) in [4.78, 5) is 25.4. The minimum atomic E-state index is -0.597. The number of benzene rings is 2. The summed E-state index contributed by atoms with van der Waals surface area (Å²) in [7, 11) is 0. The Hall–Kier alpha value is -2.77. The van der Waals surface area contributed by atoms with Gasteiger partial charge in [-0.3, -0.25) is 9.69 Å². The molecule has 2 heterocycles. The summed E-state index contributed by atoms with van der Waals surface area (Å²) < 4.78 is 14.0. The highest BCUT2D eigenvalue weighted by Gasteiger charge is 2.24. The fourth-order valence-electron chi connectivity index (χ4n) is 3.36. The molecule has 1 amide bonds. The standard InChI is InChI=1S/C20H19ClFN5O/c21-13-5-6-14(16(22)11-13)20(28)27-9-7-26(8-10-27)12-18-24-17-4-2-1-3-15(17)19(23)25-18/h1-6,11H,7-10,12H2,(H2,23,24,25). The minimum absolute atomic E-state index is 0.0449. The summed E-state index contributed by atoms with van der Waals surface area (Å²) in [6.07, 6.45) is 0. The van der Waals surface area contributed by atoms with Crippen LogP contribution in [0.15, 0.2) is 42.5 Å². The number of nitrogens with zero attached hydrogens (tertiary/aromatic N) is 4. The monoisotopic (exact) mass is 399 g/mol. The van der Waals surface area contributed by atoms with Crippen molar-refractivity contribution in [2.45, 2.75) is 6.54 Å². The number of fused-ring (bicyclic) bond motifs is 1. The van der Waals surface area contributed by atoms with Crippen molar-refractivity contribution in [3.8, 4) is 0 Å². The third-order valence-corrected chi connectivity index (χ3v) is 5.10. The Morgan fingerprint density at radius 2 is 1.86 bits per heavy atom. The van der Waals surface area contributed by atoms with Crippen molar-refractivity contribution < 1.29 is 9.18 Å². The number of carbonyl (C=O) groups is 1. The van der Waals surface area contributed by atoms with Crippen LogP contribution in [-0.2, 0) is 6.54 Å². The zero-order valence-electron chi connectivity index (χ0n) is 15.1. The third-order valence-electron chi connectivity index (χ3n) is 4.87. The molecular formula is C20H19ClFN5O. The number of rotatable bonds is 3. The number of hydrogen-bond acceptors (Lipinski definition) is 5. The van der Waals surface area contributed by atoms with Crippen molar-refractivity contribution in [2.75, 3.05) is 31.9 Å². The van der Waals surface area contributed by atoms with Gasteiger partial charge in [-0.15, -0.1) is 0 Å². The van der Waals surface area contributed by atoms with E-state index in [0.717, 1.165) is 17.0 Å². The Balaban J connectivity index is 1.41. The first-order chi connectivity index (χ1) is 13.5. The Bertz CT molecular complexity index is 1040. The molecule has 0 spiro atoms. The van der Waals surface area contributed by atoms with Crippen molar-refractivity contribution in [3.63, 3.8) is 0 Å². The van der Waals surface area contributed by atoms with E-state index in [1.165, 1.54) is 12.1 Å². The minimum Gasteiger partial charge on any atom is -0.383 e. The van der Waals surface area contributed by atoms with E-state index in [2.05, 4.69) is 14.9 Å². The van der Waals surface area contributed by atoms with Gasteiger partial charge >= 0.3 is 0 Å². The Labute approximate surface area is 166 Å². The third kappa shape index (κ3) is 3.76. The molecule has 28 heavy (non-hydrogen) atoms. The molecule has 0 atom stereocenters. The lowest BCUT2D eigenvalue weighted by molar-refractivity contribution is 0.0621.